The van der Waals surface area contributed by atoms with Crippen LogP contribution in [0.25, 0.3) is 10.6 Å². The minimum atomic E-state index is -0.836. The first-order chi connectivity index (χ1) is 9.86. The van der Waals surface area contributed by atoms with E-state index in [1.54, 1.807) is 32.2 Å². The van der Waals surface area contributed by atoms with Crippen molar-refractivity contribution in [3.63, 3.8) is 0 Å². The first-order valence-electron chi connectivity index (χ1n) is 6.45. The normalized spacial score (nSPS) is 11.5. The summed E-state index contributed by atoms with van der Waals surface area (Å²) in [6.45, 7) is 5.61. The molecule has 0 spiro atoms. The average molecular weight is 328 g/mol. The molecule has 2 aromatic rings. The Hall–Kier alpha value is -1.46. The van der Waals surface area contributed by atoms with Gasteiger partial charge < -0.3 is 4.74 Å². The number of esters is 1. The van der Waals surface area contributed by atoms with Gasteiger partial charge in [-0.2, -0.15) is 0 Å². The second kappa shape index (κ2) is 6.12. The van der Waals surface area contributed by atoms with Crippen molar-refractivity contribution in [2.45, 2.75) is 26.2 Å². The second-order valence-corrected chi connectivity index (χ2v) is 6.27. The zero-order chi connectivity index (χ0) is 15.6. The van der Waals surface area contributed by atoms with Gasteiger partial charge in [0.05, 0.1) is 17.3 Å². The molecule has 3 nitrogen and oxygen atoms in total. The number of carbonyl (C=O) groups is 1. The molecule has 0 saturated carbocycles. The summed E-state index contributed by atoms with van der Waals surface area (Å²) >= 11 is 7.39. The lowest BCUT2D eigenvalue weighted by atomic mass is 9.90. The number of aromatic nitrogens is 1. The van der Waals surface area contributed by atoms with Gasteiger partial charge in [-0.15, -0.1) is 11.3 Å². The molecular weight excluding hydrogens is 313 g/mol. The van der Waals surface area contributed by atoms with Gasteiger partial charge in [0.2, 0.25) is 0 Å². The molecule has 0 atom stereocenters. The van der Waals surface area contributed by atoms with E-state index in [9.17, 15) is 9.18 Å². The molecule has 0 aliphatic rings. The van der Waals surface area contributed by atoms with Crippen LogP contribution in [-0.4, -0.2) is 17.6 Å². The van der Waals surface area contributed by atoms with Crippen molar-refractivity contribution in [3.8, 4) is 10.6 Å². The molecule has 0 amide bonds. The zero-order valence-electron chi connectivity index (χ0n) is 11.9. The third-order valence-corrected chi connectivity index (χ3v) is 4.28. The number of hydrogen-bond acceptors (Lipinski definition) is 4. The summed E-state index contributed by atoms with van der Waals surface area (Å²) in [5.74, 6) is -0.723. The predicted octanol–water partition coefficient (Wildman–Crippen LogP) is 4.44. The summed E-state index contributed by atoms with van der Waals surface area (Å²) in [5, 5.41) is 2.74. The predicted molar refractivity (Wildman–Crippen MR) is 82.2 cm³/mol. The quantitative estimate of drug-likeness (QED) is 0.779. The van der Waals surface area contributed by atoms with Gasteiger partial charge in [0, 0.05) is 10.9 Å². The lowest BCUT2D eigenvalue weighted by Gasteiger charge is -2.19. The van der Waals surface area contributed by atoms with Crippen molar-refractivity contribution < 1.29 is 13.9 Å². The van der Waals surface area contributed by atoms with Crippen LogP contribution in [0.1, 0.15) is 26.5 Å². The Balaban J connectivity index is 2.35. The van der Waals surface area contributed by atoms with Crippen molar-refractivity contribution in [2.75, 3.05) is 6.61 Å². The van der Waals surface area contributed by atoms with E-state index < -0.39 is 11.2 Å². The minimum Gasteiger partial charge on any atom is -0.465 e. The molecular formula is C15H15ClFNO2S. The van der Waals surface area contributed by atoms with Gasteiger partial charge in [-0.3, -0.25) is 4.79 Å². The van der Waals surface area contributed by atoms with Crippen molar-refractivity contribution in [3.05, 3.63) is 40.1 Å². The molecule has 112 valence electrons. The molecule has 1 aromatic heterocycles. The monoisotopic (exact) mass is 327 g/mol. The maximum absolute atomic E-state index is 13.1. The molecule has 21 heavy (non-hydrogen) atoms. The highest BCUT2D eigenvalue weighted by Crippen LogP contribution is 2.34. The third kappa shape index (κ3) is 3.24. The Morgan fingerprint density at radius 2 is 2.19 bits per heavy atom. The number of rotatable bonds is 4. The zero-order valence-corrected chi connectivity index (χ0v) is 13.5. The lowest BCUT2D eigenvalue weighted by molar-refractivity contribution is -0.148. The summed E-state index contributed by atoms with van der Waals surface area (Å²) in [6.07, 6.45) is 0. The van der Waals surface area contributed by atoms with E-state index >= 15 is 0 Å². The molecule has 1 heterocycles. The van der Waals surface area contributed by atoms with Gasteiger partial charge in [0.25, 0.3) is 0 Å². The molecule has 0 N–H and O–H groups in total. The van der Waals surface area contributed by atoms with Crippen molar-refractivity contribution >= 4 is 28.9 Å². The molecule has 6 heteroatoms. The number of thiazole rings is 1. The van der Waals surface area contributed by atoms with E-state index in [2.05, 4.69) is 4.98 Å². The highest BCUT2D eigenvalue weighted by molar-refractivity contribution is 7.13. The van der Waals surface area contributed by atoms with Gasteiger partial charge in [-0.1, -0.05) is 11.6 Å². The van der Waals surface area contributed by atoms with Gasteiger partial charge in [-0.25, -0.2) is 9.37 Å². The molecule has 0 bridgehead atoms. The second-order valence-electron chi connectivity index (χ2n) is 5.01. The van der Waals surface area contributed by atoms with Gasteiger partial charge in [-0.05, 0) is 39.0 Å². The third-order valence-electron chi connectivity index (χ3n) is 3.09. The fraction of sp³-hybridized carbons (Fsp3) is 0.333. The number of halogens is 2. The number of nitrogens with zero attached hydrogens (tertiary/aromatic N) is 1. The van der Waals surface area contributed by atoms with E-state index in [1.165, 1.54) is 23.5 Å². The van der Waals surface area contributed by atoms with Crippen molar-refractivity contribution in [1.29, 1.82) is 0 Å². The van der Waals surface area contributed by atoms with Gasteiger partial charge in [0.1, 0.15) is 16.2 Å². The van der Waals surface area contributed by atoms with Crippen LogP contribution in [0.2, 0.25) is 5.02 Å². The van der Waals surface area contributed by atoms with E-state index in [0.29, 0.717) is 27.9 Å². The number of hydrogen-bond donors (Lipinski definition) is 0. The molecule has 1 aromatic carbocycles. The lowest BCUT2D eigenvalue weighted by Crippen LogP contribution is -2.31. The maximum atomic E-state index is 13.1. The van der Waals surface area contributed by atoms with Crippen molar-refractivity contribution in [2.24, 2.45) is 0 Å². The molecule has 0 unspecified atom stereocenters. The number of carbonyl (C=O) groups excluding carboxylic acids is 1. The standard InChI is InChI=1S/C15H15ClFNO2S/c1-4-20-14(19)15(2,3)12-8-21-13(18-12)10-6-5-9(17)7-11(10)16/h5-8H,4H2,1-3H3. The fourth-order valence-corrected chi connectivity index (χ4v) is 3.10. The van der Waals surface area contributed by atoms with E-state index in [4.69, 9.17) is 16.3 Å². The van der Waals surface area contributed by atoms with E-state index in [1.807, 2.05) is 0 Å². The summed E-state index contributed by atoms with van der Waals surface area (Å²) in [5.41, 5.74) is 0.424. The summed E-state index contributed by atoms with van der Waals surface area (Å²) in [4.78, 5) is 16.4. The van der Waals surface area contributed by atoms with Crippen LogP contribution in [0.5, 0.6) is 0 Å². The Bertz CT molecular complexity index is 669. The Morgan fingerprint density at radius 1 is 1.48 bits per heavy atom. The molecule has 0 saturated heterocycles. The average Bonchev–Trinajstić information content (AvgIpc) is 2.89. The van der Waals surface area contributed by atoms with Crippen molar-refractivity contribution in [1.82, 2.24) is 4.98 Å². The fourth-order valence-electron chi connectivity index (χ4n) is 1.76. The first kappa shape index (κ1) is 15.9. The van der Waals surface area contributed by atoms with E-state index in [0.717, 1.165) is 0 Å². The maximum Gasteiger partial charge on any atom is 0.317 e. The highest BCUT2D eigenvalue weighted by Gasteiger charge is 2.34. The molecule has 2 rings (SSSR count). The minimum absolute atomic E-state index is 0.296. The largest absolute Gasteiger partial charge is 0.465 e. The Morgan fingerprint density at radius 3 is 2.81 bits per heavy atom. The van der Waals surface area contributed by atoms with Crippen LogP contribution in [0.3, 0.4) is 0 Å². The molecule has 0 aliphatic heterocycles. The van der Waals surface area contributed by atoms with Gasteiger partial charge in [0.15, 0.2) is 0 Å². The van der Waals surface area contributed by atoms with E-state index in [-0.39, 0.29) is 5.97 Å². The van der Waals surface area contributed by atoms with Gasteiger partial charge >= 0.3 is 5.97 Å². The van der Waals surface area contributed by atoms with Crippen LogP contribution < -0.4 is 0 Å². The summed E-state index contributed by atoms with van der Waals surface area (Å²) in [6, 6.07) is 4.16. The Kier molecular flexibility index (Phi) is 4.64. The highest BCUT2D eigenvalue weighted by atomic mass is 35.5. The molecule has 0 fully saturated rings. The van der Waals surface area contributed by atoms with Crippen LogP contribution in [0.15, 0.2) is 23.6 Å². The summed E-state index contributed by atoms with van der Waals surface area (Å²) < 4.78 is 18.2. The SMILES string of the molecule is CCOC(=O)C(C)(C)c1csc(-c2ccc(F)cc2Cl)n1. The number of benzene rings is 1. The van der Waals surface area contributed by atoms with Crippen LogP contribution >= 0.6 is 22.9 Å². The van der Waals surface area contributed by atoms with Crippen LogP contribution in [0.4, 0.5) is 4.39 Å². The number of ether oxygens (including phenoxy) is 1. The molecule has 0 aliphatic carbocycles. The smallest absolute Gasteiger partial charge is 0.317 e. The topological polar surface area (TPSA) is 39.2 Å². The van der Waals surface area contributed by atoms with Crippen LogP contribution in [-0.2, 0) is 14.9 Å². The first-order valence-corrected chi connectivity index (χ1v) is 7.70. The Labute approximate surface area is 131 Å². The van der Waals surface area contributed by atoms with Crippen LogP contribution in [0, 0.1) is 5.82 Å². The summed E-state index contributed by atoms with van der Waals surface area (Å²) in [7, 11) is 0. The molecule has 0 radical (unpaired) electrons.